The van der Waals surface area contributed by atoms with Crippen LogP contribution in [0.25, 0.3) is 0 Å². The smallest absolute Gasteiger partial charge is 0.120 e. The zero-order chi connectivity index (χ0) is 13.7. The standard InChI is InChI=1S/C16H26N2O/c1-3-16(8-4-5-9-16)12-18-11-13-6-7-14(19-2)10-15(13)17/h6-7,10,18H,3-5,8-9,11-12,17H2,1-2H3. The molecule has 0 spiro atoms. The lowest BCUT2D eigenvalue weighted by Crippen LogP contribution is -2.31. The summed E-state index contributed by atoms with van der Waals surface area (Å²) in [5.74, 6) is 0.821. The second-order valence-corrected chi connectivity index (χ2v) is 5.73. The van der Waals surface area contributed by atoms with Crippen molar-refractivity contribution in [3.63, 3.8) is 0 Å². The number of benzene rings is 1. The van der Waals surface area contributed by atoms with Crippen molar-refractivity contribution in [2.24, 2.45) is 5.41 Å². The Balaban J connectivity index is 1.88. The molecule has 19 heavy (non-hydrogen) atoms. The van der Waals surface area contributed by atoms with Crippen LogP contribution in [0.3, 0.4) is 0 Å². The molecule has 0 amide bonds. The topological polar surface area (TPSA) is 47.3 Å². The van der Waals surface area contributed by atoms with Gasteiger partial charge in [0.05, 0.1) is 7.11 Å². The maximum Gasteiger partial charge on any atom is 0.120 e. The SMILES string of the molecule is CCC1(CNCc2ccc(OC)cc2N)CCCC1. The number of methoxy groups -OCH3 is 1. The summed E-state index contributed by atoms with van der Waals surface area (Å²) in [7, 11) is 1.66. The molecule has 2 rings (SSSR count). The third-order valence-electron chi connectivity index (χ3n) is 4.58. The Labute approximate surface area is 116 Å². The van der Waals surface area contributed by atoms with Gasteiger partial charge in [0.1, 0.15) is 5.75 Å². The Hall–Kier alpha value is -1.22. The van der Waals surface area contributed by atoms with E-state index in [1.165, 1.54) is 32.1 Å². The molecule has 1 fully saturated rings. The summed E-state index contributed by atoms with van der Waals surface area (Å²) in [6.07, 6.45) is 6.79. The van der Waals surface area contributed by atoms with E-state index in [9.17, 15) is 0 Å². The molecule has 1 saturated carbocycles. The van der Waals surface area contributed by atoms with Crippen LogP contribution in [0.15, 0.2) is 18.2 Å². The van der Waals surface area contributed by atoms with Gasteiger partial charge in [0.2, 0.25) is 0 Å². The Morgan fingerprint density at radius 2 is 2.05 bits per heavy atom. The van der Waals surface area contributed by atoms with Crippen LogP contribution < -0.4 is 15.8 Å². The number of hydrogen-bond donors (Lipinski definition) is 2. The van der Waals surface area contributed by atoms with Crippen LogP contribution in [-0.4, -0.2) is 13.7 Å². The summed E-state index contributed by atoms with van der Waals surface area (Å²) in [5, 5.41) is 3.59. The lowest BCUT2D eigenvalue weighted by atomic mass is 9.83. The van der Waals surface area contributed by atoms with E-state index in [1.807, 2.05) is 12.1 Å². The van der Waals surface area contributed by atoms with Crippen LogP contribution in [0.4, 0.5) is 5.69 Å². The number of rotatable bonds is 6. The summed E-state index contributed by atoms with van der Waals surface area (Å²) < 4.78 is 5.17. The van der Waals surface area contributed by atoms with Crippen LogP contribution in [0, 0.1) is 5.41 Å². The quantitative estimate of drug-likeness (QED) is 0.773. The molecule has 3 nitrogen and oxygen atoms in total. The van der Waals surface area contributed by atoms with Gasteiger partial charge >= 0.3 is 0 Å². The number of nitrogen functional groups attached to an aromatic ring is 1. The van der Waals surface area contributed by atoms with E-state index in [2.05, 4.69) is 18.3 Å². The first-order valence-corrected chi connectivity index (χ1v) is 7.32. The Kier molecular flexibility index (Phi) is 4.70. The van der Waals surface area contributed by atoms with Gasteiger partial charge in [-0.1, -0.05) is 25.8 Å². The van der Waals surface area contributed by atoms with Gasteiger partial charge in [-0.05, 0) is 36.3 Å². The summed E-state index contributed by atoms with van der Waals surface area (Å²) in [6, 6.07) is 5.91. The Morgan fingerprint density at radius 3 is 2.63 bits per heavy atom. The fourth-order valence-electron chi connectivity index (χ4n) is 3.10. The number of anilines is 1. The van der Waals surface area contributed by atoms with Gasteiger partial charge in [0.15, 0.2) is 0 Å². The highest BCUT2D eigenvalue weighted by molar-refractivity contribution is 5.51. The summed E-state index contributed by atoms with van der Waals surface area (Å²) in [6.45, 7) is 4.27. The van der Waals surface area contributed by atoms with Gasteiger partial charge in [-0.2, -0.15) is 0 Å². The average molecular weight is 262 g/mol. The lowest BCUT2D eigenvalue weighted by Gasteiger charge is -2.28. The predicted molar refractivity (Wildman–Crippen MR) is 80.3 cm³/mol. The monoisotopic (exact) mass is 262 g/mol. The van der Waals surface area contributed by atoms with E-state index in [0.717, 1.165) is 30.1 Å². The van der Waals surface area contributed by atoms with Crippen molar-refractivity contribution in [1.29, 1.82) is 0 Å². The van der Waals surface area contributed by atoms with Gasteiger partial charge in [-0.15, -0.1) is 0 Å². The fraction of sp³-hybridized carbons (Fsp3) is 0.625. The molecule has 1 aromatic rings. The zero-order valence-electron chi connectivity index (χ0n) is 12.2. The van der Waals surface area contributed by atoms with Crippen LogP contribution in [-0.2, 0) is 6.54 Å². The Morgan fingerprint density at radius 1 is 1.32 bits per heavy atom. The maximum atomic E-state index is 6.04. The van der Waals surface area contributed by atoms with E-state index >= 15 is 0 Å². The van der Waals surface area contributed by atoms with Gasteiger partial charge in [0, 0.05) is 24.8 Å². The number of nitrogens with two attached hydrogens (primary N) is 1. The molecule has 0 aromatic heterocycles. The van der Waals surface area contributed by atoms with Crippen LogP contribution in [0.1, 0.15) is 44.6 Å². The van der Waals surface area contributed by atoms with E-state index < -0.39 is 0 Å². The van der Waals surface area contributed by atoms with Crippen molar-refractivity contribution in [2.75, 3.05) is 19.4 Å². The van der Waals surface area contributed by atoms with Gasteiger partial charge in [-0.25, -0.2) is 0 Å². The van der Waals surface area contributed by atoms with E-state index in [-0.39, 0.29) is 0 Å². The summed E-state index contributed by atoms with van der Waals surface area (Å²) in [5.41, 5.74) is 8.53. The van der Waals surface area contributed by atoms with Crippen LogP contribution >= 0.6 is 0 Å². The van der Waals surface area contributed by atoms with Crippen molar-refractivity contribution >= 4 is 5.69 Å². The van der Waals surface area contributed by atoms with Gasteiger partial charge < -0.3 is 15.8 Å². The normalized spacial score (nSPS) is 17.6. The summed E-state index contributed by atoms with van der Waals surface area (Å²) in [4.78, 5) is 0. The molecule has 0 bridgehead atoms. The highest BCUT2D eigenvalue weighted by Crippen LogP contribution is 2.40. The zero-order valence-corrected chi connectivity index (χ0v) is 12.2. The molecule has 3 heteroatoms. The number of hydrogen-bond acceptors (Lipinski definition) is 3. The predicted octanol–water partition coefficient (Wildman–Crippen LogP) is 3.34. The first-order chi connectivity index (χ1) is 9.19. The molecule has 0 unspecified atom stereocenters. The molecule has 1 aliphatic carbocycles. The molecule has 0 aliphatic heterocycles. The third kappa shape index (κ3) is 3.41. The minimum Gasteiger partial charge on any atom is -0.497 e. The van der Waals surface area contributed by atoms with Crippen molar-refractivity contribution < 1.29 is 4.74 Å². The minimum absolute atomic E-state index is 0.529. The largest absolute Gasteiger partial charge is 0.497 e. The number of ether oxygens (including phenoxy) is 1. The first kappa shape index (κ1) is 14.2. The average Bonchev–Trinajstić information content (AvgIpc) is 2.90. The van der Waals surface area contributed by atoms with E-state index in [0.29, 0.717) is 5.41 Å². The lowest BCUT2D eigenvalue weighted by molar-refractivity contribution is 0.268. The van der Waals surface area contributed by atoms with Crippen molar-refractivity contribution in [1.82, 2.24) is 5.32 Å². The third-order valence-corrected chi connectivity index (χ3v) is 4.58. The number of nitrogens with one attached hydrogen (secondary N) is 1. The maximum absolute atomic E-state index is 6.04. The Bertz CT molecular complexity index is 411. The molecule has 0 atom stereocenters. The van der Waals surface area contributed by atoms with E-state index in [1.54, 1.807) is 7.11 Å². The van der Waals surface area contributed by atoms with Gasteiger partial charge in [-0.3, -0.25) is 0 Å². The first-order valence-electron chi connectivity index (χ1n) is 7.32. The summed E-state index contributed by atoms with van der Waals surface area (Å²) >= 11 is 0. The molecule has 106 valence electrons. The molecule has 0 radical (unpaired) electrons. The van der Waals surface area contributed by atoms with Crippen molar-refractivity contribution in [2.45, 2.75) is 45.6 Å². The molecular weight excluding hydrogens is 236 g/mol. The van der Waals surface area contributed by atoms with Crippen LogP contribution in [0.2, 0.25) is 0 Å². The molecule has 0 heterocycles. The molecular formula is C16H26N2O. The highest BCUT2D eigenvalue weighted by atomic mass is 16.5. The van der Waals surface area contributed by atoms with E-state index in [4.69, 9.17) is 10.5 Å². The van der Waals surface area contributed by atoms with Gasteiger partial charge in [0.25, 0.3) is 0 Å². The highest BCUT2D eigenvalue weighted by Gasteiger charge is 2.31. The molecule has 3 N–H and O–H groups in total. The minimum atomic E-state index is 0.529. The second kappa shape index (κ2) is 6.29. The van der Waals surface area contributed by atoms with Crippen molar-refractivity contribution in [3.8, 4) is 5.75 Å². The molecule has 1 aliphatic rings. The van der Waals surface area contributed by atoms with Crippen molar-refractivity contribution in [3.05, 3.63) is 23.8 Å². The fourth-order valence-corrected chi connectivity index (χ4v) is 3.10. The molecule has 0 saturated heterocycles. The van der Waals surface area contributed by atoms with Crippen LogP contribution in [0.5, 0.6) is 5.75 Å². The molecule has 1 aromatic carbocycles. The second-order valence-electron chi connectivity index (χ2n) is 5.73.